The molecule has 1 atom stereocenters. The maximum atomic E-state index is 13.5. The molecule has 0 spiro atoms. The Morgan fingerprint density at radius 2 is 1.68 bits per heavy atom. The molecule has 3 aromatic rings. The second-order valence-corrected chi connectivity index (χ2v) is 5.20. The van der Waals surface area contributed by atoms with Gasteiger partial charge in [0, 0.05) is 18.0 Å². The van der Waals surface area contributed by atoms with Crippen molar-refractivity contribution in [3.8, 4) is 16.8 Å². The molecule has 0 radical (unpaired) electrons. The van der Waals surface area contributed by atoms with E-state index >= 15 is 0 Å². The van der Waals surface area contributed by atoms with Crippen molar-refractivity contribution in [3.63, 3.8) is 0 Å². The first-order valence-corrected chi connectivity index (χ1v) is 7.18. The maximum absolute atomic E-state index is 13.5. The molecule has 0 aliphatic heterocycles. The van der Waals surface area contributed by atoms with Gasteiger partial charge in [-0.1, -0.05) is 42.5 Å². The molecule has 110 valence electrons. The van der Waals surface area contributed by atoms with Crippen molar-refractivity contribution < 1.29 is 4.39 Å². The van der Waals surface area contributed by atoms with Gasteiger partial charge in [0.1, 0.15) is 6.17 Å². The van der Waals surface area contributed by atoms with Crippen LogP contribution in [-0.2, 0) is 0 Å². The molecule has 0 N–H and O–H groups in total. The first kappa shape index (κ1) is 14.3. The van der Waals surface area contributed by atoms with Gasteiger partial charge in [-0.15, -0.1) is 0 Å². The minimum Gasteiger partial charge on any atom is -0.284 e. The smallest absolute Gasteiger partial charge is 0.255 e. The summed E-state index contributed by atoms with van der Waals surface area (Å²) in [6.07, 6.45) is 0.729. The number of hydrogen-bond acceptors (Lipinski definition) is 1. The summed E-state index contributed by atoms with van der Waals surface area (Å²) < 4.78 is 15.0. The van der Waals surface area contributed by atoms with E-state index in [0.717, 1.165) is 11.1 Å². The van der Waals surface area contributed by atoms with Crippen LogP contribution in [0.3, 0.4) is 0 Å². The molecule has 0 bridgehead atoms. The van der Waals surface area contributed by atoms with Crippen molar-refractivity contribution >= 4 is 0 Å². The van der Waals surface area contributed by atoms with Gasteiger partial charge in [-0.2, -0.15) is 0 Å². The van der Waals surface area contributed by atoms with E-state index in [1.165, 1.54) is 13.0 Å². The van der Waals surface area contributed by atoms with Gasteiger partial charge in [-0.3, -0.25) is 9.36 Å². The second-order valence-electron chi connectivity index (χ2n) is 5.20. The number of aromatic nitrogens is 1. The summed E-state index contributed by atoms with van der Waals surface area (Å²) >= 11 is 0. The number of alkyl halides is 1. The molecule has 0 aliphatic carbocycles. The summed E-state index contributed by atoms with van der Waals surface area (Å²) in [7, 11) is 0. The van der Waals surface area contributed by atoms with E-state index in [9.17, 15) is 9.18 Å². The summed E-state index contributed by atoms with van der Waals surface area (Å²) in [4.78, 5) is 12.2. The number of halogens is 1. The molecule has 2 nitrogen and oxygen atoms in total. The summed E-state index contributed by atoms with van der Waals surface area (Å²) in [5.41, 5.74) is 3.08. The van der Waals surface area contributed by atoms with Crippen LogP contribution in [0.4, 0.5) is 4.39 Å². The molecular weight excluding hydrogens is 277 g/mol. The average Bonchev–Trinajstić information content (AvgIpc) is 2.56. The fraction of sp³-hybridized carbons (Fsp3) is 0.105. The number of pyridine rings is 1. The normalized spacial score (nSPS) is 12.1. The fourth-order valence-electron chi connectivity index (χ4n) is 2.41. The van der Waals surface area contributed by atoms with Crippen molar-refractivity contribution in [3.05, 3.63) is 88.8 Å². The van der Waals surface area contributed by atoms with Crippen molar-refractivity contribution in [2.75, 3.05) is 0 Å². The van der Waals surface area contributed by atoms with Gasteiger partial charge in [0.05, 0.1) is 0 Å². The van der Waals surface area contributed by atoms with Crippen molar-refractivity contribution in [1.82, 2.24) is 4.57 Å². The molecule has 0 saturated carbocycles. The Morgan fingerprint density at radius 1 is 0.909 bits per heavy atom. The average molecular weight is 293 g/mol. The summed E-state index contributed by atoms with van der Waals surface area (Å²) in [5, 5.41) is 0. The van der Waals surface area contributed by atoms with Crippen LogP contribution >= 0.6 is 0 Å². The van der Waals surface area contributed by atoms with E-state index in [0.29, 0.717) is 11.3 Å². The zero-order valence-corrected chi connectivity index (χ0v) is 12.2. The zero-order valence-electron chi connectivity index (χ0n) is 12.2. The molecule has 0 aliphatic rings. The summed E-state index contributed by atoms with van der Waals surface area (Å²) in [6, 6.07) is 20.2. The molecule has 2 aromatic carbocycles. The second kappa shape index (κ2) is 5.98. The van der Waals surface area contributed by atoms with E-state index in [1.807, 2.05) is 36.4 Å². The Labute approximate surface area is 128 Å². The summed E-state index contributed by atoms with van der Waals surface area (Å²) in [6.45, 7) is 1.49. The molecule has 0 saturated heterocycles. The molecular formula is C19H16FNO. The van der Waals surface area contributed by atoms with Crippen LogP contribution in [0.15, 0.2) is 77.7 Å². The lowest BCUT2D eigenvalue weighted by Crippen LogP contribution is -2.16. The molecule has 1 unspecified atom stereocenters. The highest BCUT2D eigenvalue weighted by Gasteiger charge is 2.07. The lowest BCUT2D eigenvalue weighted by molar-refractivity contribution is 0.374. The van der Waals surface area contributed by atoms with E-state index < -0.39 is 6.17 Å². The Morgan fingerprint density at radius 3 is 2.41 bits per heavy atom. The number of hydrogen-bond donors (Lipinski definition) is 0. The molecule has 1 heterocycles. The Kier molecular flexibility index (Phi) is 3.88. The van der Waals surface area contributed by atoms with Gasteiger partial charge in [0.15, 0.2) is 0 Å². The zero-order chi connectivity index (χ0) is 15.5. The first-order chi connectivity index (χ1) is 10.6. The van der Waals surface area contributed by atoms with Crippen LogP contribution in [0.25, 0.3) is 16.8 Å². The van der Waals surface area contributed by atoms with Crippen LogP contribution in [0.2, 0.25) is 0 Å². The van der Waals surface area contributed by atoms with Gasteiger partial charge in [-0.05, 0) is 41.8 Å². The van der Waals surface area contributed by atoms with E-state index in [1.54, 1.807) is 35.0 Å². The van der Waals surface area contributed by atoms with E-state index in [2.05, 4.69) is 0 Å². The quantitative estimate of drug-likeness (QED) is 0.695. The predicted octanol–water partition coefficient (Wildman–Crippen LogP) is 4.54. The molecule has 3 heteroatoms. The largest absolute Gasteiger partial charge is 0.284 e. The number of nitrogens with zero attached hydrogens (tertiary/aromatic N) is 1. The highest BCUT2D eigenvalue weighted by atomic mass is 19.1. The minimum atomic E-state index is -1.06. The Hall–Kier alpha value is -2.68. The standard InChI is InChI=1S/C19H16FNO/c1-14(20)16-8-5-9-18(12-16)21-13-17(10-11-19(21)22)15-6-3-2-4-7-15/h2-14H,1H3. The topological polar surface area (TPSA) is 22.0 Å². The SMILES string of the molecule is CC(F)c1cccc(-n2cc(-c3ccccc3)ccc2=O)c1. The lowest BCUT2D eigenvalue weighted by Gasteiger charge is -2.10. The highest BCUT2D eigenvalue weighted by molar-refractivity contribution is 5.62. The van der Waals surface area contributed by atoms with Gasteiger partial charge in [0.25, 0.3) is 5.56 Å². The van der Waals surface area contributed by atoms with E-state index in [4.69, 9.17) is 0 Å². The summed E-state index contributed by atoms with van der Waals surface area (Å²) in [5.74, 6) is 0. The Bertz CT molecular complexity index is 837. The molecule has 3 rings (SSSR count). The molecule has 0 amide bonds. The molecule has 22 heavy (non-hydrogen) atoms. The first-order valence-electron chi connectivity index (χ1n) is 7.18. The van der Waals surface area contributed by atoms with Gasteiger partial charge >= 0.3 is 0 Å². The van der Waals surface area contributed by atoms with Gasteiger partial charge in [0.2, 0.25) is 0 Å². The monoisotopic (exact) mass is 293 g/mol. The third-order valence-corrected chi connectivity index (χ3v) is 3.63. The molecule has 1 aromatic heterocycles. The van der Waals surface area contributed by atoms with E-state index in [-0.39, 0.29) is 5.56 Å². The third-order valence-electron chi connectivity index (χ3n) is 3.63. The maximum Gasteiger partial charge on any atom is 0.255 e. The Balaban J connectivity index is 2.11. The van der Waals surface area contributed by atoms with Crippen LogP contribution in [0.5, 0.6) is 0 Å². The van der Waals surface area contributed by atoms with Crippen molar-refractivity contribution in [2.45, 2.75) is 13.1 Å². The van der Waals surface area contributed by atoms with Gasteiger partial charge in [-0.25, -0.2) is 4.39 Å². The van der Waals surface area contributed by atoms with Crippen molar-refractivity contribution in [1.29, 1.82) is 0 Å². The van der Waals surface area contributed by atoms with Crippen LogP contribution in [0, 0.1) is 0 Å². The predicted molar refractivity (Wildman–Crippen MR) is 87.0 cm³/mol. The van der Waals surface area contributed by atoms with Crippen LogP contribution < -0.4 is 5.56 Å². The van der Waals surface area contributed by atoms with Crippen LogP contribution in [-0.4, -0.2) is 4.57 Å². The minimum absolute atomic E-state index is 0.136. The number of rotatable bonds is 3. The fourth-order valence-corrected chi connectivity index (χ4v) is 2.41. The number of benzene rings is 2. The third kappa shape index (κ3) is 2.84. The van der Waals surface area contributed by atoms with Crippen LogP contribution in [0.1, 0.15) is 18.7 Å². The van der Waals surface area contributed by atoms with Crippen molar-refractivity contribution in [2.24, 2.45) is 0 Å². The lowest BCUT2D eigenvalue weighted by atomic mass is 10.1. The van der Waals surface area contributed by atoms with Gasteiger partial charge < -0.3 is 0 Å². The molecule has 0 fully saturated rings. The highest BCUT2D eigenvalue weighted by Crippen LogP contribution is 2.21.